The summed E-state index contributed by atoms with van der Waals surface area (Å²) in [5, 5.41) is 2.03. The van der Waals surface area contributed by atoms with E-state index in [1.807, 2.05) is 12.3 Å². The standard InChI is InChI=1S/C11H12N2O2S/c1-7-3-4-16-11(7)8-6-12-9(13-8)5-10(14)15-2/h3-4,6H,5H2,1-2H3,(H,12,13). The molecule has 0 aliphatic rings. The Labute approximate surface area is 97.3 Å². The molecule has 5 heteroatoms. The number of aromatic amines is 1. The van der Waals surface area contributed by atoms with E-state index in [0.717, 1.165) is 10.6 Å². The molecule has 1 N–H and O–H groups in total. The first-order valence-corrected chi connectivity index (χ1v) is 5.74. The van der Waals surface area contributed by atoms with Crippen molar-refractivity contribution in [3.63, 3.8) is 0 Å². The first-order chi connectivity index (χ1) is 7.70. The molecule has 2 aromatic heterocycles. The molecule has 0 bridgehead atoms. The minimum Gasteiger partial charge on any atom is -0.469 e. The zero-order valence-electron chi connectivity index (χ0n) is 9.11. The number of esters is 1. The Morgan fingerprint density at radius 3 is 3.06 bits per heavy atom. The van der Waals surface area contributed by atoms with Gasteiger partial charge in [-0.1, -0.05) is 0 Å². The maximum Gasteiger partial charge on any atom is 0.313 e. The predicted octanol–water partition coefficient (Wildman–Crippen LogP) is 2.16. The average Bonchev–Trinajstić information content (AvgIpc) is 2.86. The van der Waals surface area contributed by atoms with E-state index in [2.05, 4.69) is 20.8 Å². The summed E-state index contributed by atoms with van der Waals surface area (Å²) in [5.41, 5.74) is 2.16. The van der Waals surface area contributed by atoms with Crippen molar-refractivity contribution in [2.24, 2.45) is 0 Å². The van der Waals surface area contributed by atoms with E-state index in [0.29, 0.717) is 5.82 Å². The molecule has 0 aromatic carbocycles. The van der Waals surface area contributed by atoms with Crippen LogP contribution in [0, 0.1) is 6.92 Å². The van der Waals surface area contributed by atoms with Crippen LogP contribution in [-0.4, -0.2) is 23.0 Å². The normalized spacial score (nSPS) is 10.4. The van der Waals surface area contributed by atoms with Crippen LogP contribution in [0.5, 0.6) is 0 Å². The fraction of sp³-hybridized carbons (Fsp3) is 0.273. The lowest BCUT2D eigenvalue weighted by molar-refractivity contribution is -0.139. The van der Waals surface area contributed by atoms with Crippen LogP contribution in [0.4, 0.5) is 0 Å². The molecule has 0 spiro atoms. The number of H-pyrrole nitrogens is 1. The number of nitrogens with zero attached hydrogens (tertiary/aromatic N) is 1. The van der Waals surface area contributed by atoms with Gasteiger partial charge in [-0.3, -0.25) is 4.79 Å². The Morgan fingerprint density at radius 1 is 1.62 bits per heavy atom. The quantitative estimate of drug-likeness (QED) is 0.831. The summed E-state index contributed by atoms with van der Waals surface area (Å²) < 4.78 is 4.58. The zero-order chi connectivity index (χ0) is 11.5. The predicted molar refractivity (Wildman–Crippen MR) is 62.4 cm³/mol. The van der Waals surface area contributed by atoms with Gasteiger partial charge in [0.05, 0.1) is 23.9 Å². The van der Waals surface area contributed by atoms with Crippen molar-refractivity contribution >= 4 is 17.3 Å². The van der Waals surface area contributed by atoms with E-state index < -0.39 is 0 Å². The topological polar surface area (TPSA) is 55.0 Å². The highest BCUT2D eigenvalue weighted by Crippen LogP contribution is 2.27. The SMILES string of the molecule is COC(=O)Cc1ncc(-c2sccc2C)[nH]1. The molecule has 0 unspecified atom stereocenters. The first kappa shape index (κ1) is 10.9. The smallest absolute Gasteiger partial charge is 0.313 e. The van der Waals surface area contributed by atoms with Crippen molar-refractivity contribution in [3.8, 4) is 10.6 Å². The number of aryl methyl sites for hydroxylation is 1. The Morgan fingerprint density at radius 2 is 2.44 bits per heavy atom. The molecule has 0 saturated carbocycles. The molecule has 2 aromatic rings. The molecule has 0 aliphatic carbocycles. The van der Waals surface area contributed by atoms with E-state index in [-0.39, 0.29) is 12.4 Å². The summed E-state index contributed by atoms with van der Waals surface area (Å²) in [6.45, 7) is 2.05. The van der Waals surface area contributed by atoms with Gasteiger partial charge in [-0.05, 0) is 23.9 Å². The van der Waals surface area contributed by atoms with Crippen LogP contribution in [0.25, 0.3) is 10.6 Å². The van der Waals surface area contributed by atoms with Gasteiger partial charge in [-0.15, -0.1) is 11.3 Å². The second-order valence-corrected chi connectivity index (χ2v) is 4.35. The first-order valence-electron chi connectivity index (χ1n) is 4.86. The van der Waals surface area contributed by atoms with E-state index >= 15 is 0 Å². The van der Waals surface area contributed by atoms with Gasteiger partial charge >= 0.3 is 5.97 Å². The van der Waals surface area contributed by atoms with Crippen LogP contribution in [0.15, 0.2) is 17.6 Å². The fourth-order valence-electron chi connectivity index (χ4n) is 1.43. The molecule has 84 valence electrons. The lowest BCUT2D eigenvalue weighted by atomic mass is 10.2. The third-order valence-corrected chi connectivity index (χ3v) is 3.32. The number of imidazole rings is 1. The molecule has 0 atom stereocenters. The molecule has 2 heterocycles. The Hall–Kier alpha value is -1.62. The summed E-state index contributed by atoms with van der Waals surface area (Å²) in [4.78, 5) is 19.5. The maximum atomic E-state index is 11.1. The number of aromatic nitrogens is 2. The van der Waals surface area contributed by atoms with Crippen molar-refractivity contribution in [3.05, 3.63) is 29.0 Å². The number of hydrogen-bond acceptors (Lipinski definition) is 4. The molecule has 0 amide bonds. The van der Waals surface area contributed by atoms with Crippen molar-refractivity contribution < 1.29 is 9.53 Å². The minimum absolute atomic E-state index is 0.181. The highest BCUT2D eigenvalue weighted by Gasteiger charge is 2.10. The molecular formula is C11H12N2O2S. The molecule has 0 radical (unpaired) electrons. The molecule has 0 saturated heterocycles. The Balaban J connectivity index is 2.20. The van der Waals surface area contributed by atoms with Crippen LogP contribution in [0.2, 0.25) is 0 Å². The third-order valence-electron chi connectivity index (χ3n) is 2.27. The number of carbonyl (C=O) groups is 1. The van der Waals surface area contributed by atoms with Gasteiger partial charge in [0, 0.05) is 0 Å². The molecule has 16 heavy (non-hydrogen) atoms. The van der Waals surface area contributed by atoms with E-state index in [4.69, 9.17) is 0 Å². The Kier molecular flexibility index (Phi) is 3.05. The van der Waals surface area contributed by atoms with Gasteiger partial charge in [-0.25, -0.2) is 4.98 Å². The van der Waals surface area contributed by atoms with Crippen LogP contribution < -0.4 is 0 Å². The van der Waals surface area contributed by atoms with Gasteiger partial charge in [0.25, 0.3) is 0 Å². The van der Waals surface area contributed by atoms with E-state index in [1.165, 1.54) is 12.7 Å². The molecular weight excluding hydrogens is 224 g/mol. The van der Waals surface area contributed by atoms with E-state index in [1.54, 1.807) is 17.5 Å². The fourth-order valence-corrected chi connectivity index (χ4v) is 2.32. The van der Waals surface area contributed by atoms with Crippen molar-refractivity contribution in [1.82, 2.24) is 9.97 Å². The molecule has 0 aliphatic heterocycles. The molecule has 0 fully saturated rings. The second-order valence-electron chi connectivity index (χ2n) is 3.43. The van der Waals surface area contributed by atoms with Crippen molar-refractivity contribution in [1.29, 1.82) is 0 Å². The van der Waals surface area contributed by atoms with Crippen LogP contribution >= 0.6 is 11.3 Å². The zero-order valence-corrected chi connectivity index (χ0v) is 9.93. The van der Waals surface area contributed by atoms with Crippen LogP contribution in [0.3, 0.4) is 0 Å². The number of ether oxygens (including phenoxy) is 1. The Bertz CT molecular complexity index is 502. The number of carbonyl (C=O) groups excluding carboxylic acids is 1. The van der Waals surface area contributed by atoms with Crippen molar-refractivity contribution in [2.45, 2.75) is 13.3 Å². The summed E-state index contributed by atoms with van der Waals surface area (Å²) in [6.07, 6.45) is 1.93. The van der Waals surface area contributed by atoms with Gasteiger partial charge in [0.15, 0.2) is 0 Å². The minimum atomic E-state index is -0.288. The van der Waals surface area contributed by atoms with Crippen LogP contribution in [0.1, 0.15) is 11.4 Å². The number of nitrogens with one attached hydrogen (secondary N) is 1. The van der Waals surface area contributed by atoms with Crippen LogP contribution in [-0.2, 0) is 16.0 Å². The highest BCUT2D eigenvalue weighted by atomic mass is 32.1. The lowest BCUT2D eigenvalue weighted by Gasteiger charge is -1.96. The third kappa shape index (κ3) is 2.14. The largest absolute Gasteiger partial charge is 0.469 e. The molecule has 4 nitrogen and oxygen atoms in total. The summed E-state index contributed by atoms with van der Waals surface area (Å²) in [7, 11) is 1.37. The summed E-state index contributed by atoms with van der Waals surface area (Å²) >= 11 is 1.65. The number of thiophene rings is 1. The average molecular weight is 236 g/mol. The molecule has 2 rings (SSSR count). The summed E-state index contributed by atoms with van der Waals surface area (Å²) in [5.74, 6) is 0.346. The lowest BCUT2D eigenvalue weighted by Crippen LogP contribution is -2.05. The number of methoxy groups -OCH3 is 1. The number of hydrogen-bond donors (Lipinski definition) is 1. The highest BCUT2D eigenvalue weighted by molar-refractivity contribution is 7.13. The van der Waals surface area contributed by atoms with Gasteiger partial charge in [-0.2, -0.15) is 0 Å². The van der Waals surface area contributed by atoms with Gasteiger partial charge < -0.3 is 9.72 Å². The van der Waals surface area contributed by atoms with E-state index in [9.17, 15) is 4.79 Å². The van der Waals surface area contributed by atoms with Gasteiger partial charge in [0.1, 0.15) is 12.2 Å². The number of rotatable bonds is 3. The second kappa shape index (κ2) is 4.49. The van der Waals surface area contributed by atoms with Gasteiger partial charge in [0.2, 0.25) is 0 Å². The summed E-state index contributed by atoms with van der Waals surface area (Å²) in [6, 6.07) is 2.06. The monoisotopic (exact) mass is 236 g/mol. The maximum absolute atomic E-state index is 11.1. The van der Waals surface area contributed by atoms with Crippen molar-refractivity contribution in [2.75, 3.05) is 7.11 Å².